The molecule has 0 aliphatic carbocycles. The van der Waals surface area contributed by atoms with Crippen molar-refractivity contribution in [3.63, 3.8) is 0 Å². The molecule has 5 nitrogen and oxygen atoms in total. The van der Waals surface area contributed by atoms with Gasteiger partial charge in [0.05, 0.1) is 20.6 Å². The summed E-state index contributed by atoms with van der Waals surface area (Å²) in [5, 5.41) is 0. The number of esters is 1. The predicted octanol–water partition coefficient (Wildman–Crippen LogP) is 3.15. The number of nitrogens with zero attached hydrogens (tertiary/aromatic N) is 1. The fourth-order valence-corrected chi connectivity index (χ4v) is 2.09. The minimum absolute atomic E-state index is 0.109. The van der Waals surface area contributed by atoms with Crippen LogP contribution in [-0.4, -0.2) is 44.1 Å². The maximum absolute atomic E-state index is 12.4. The third-order valence-electron chi connectivity index (χ3n) is 3.61. The summed E-state index contributed by atoms with van der Waals surface area (Å²) in [5.41, 5.74) is 0.888. The lowest BCUT2D eigenvalue weighted by Crippen LogP contribution is -2.33. The van der Waals surface area contributed by atoms with Gasteiger partial charge in [0.25, 0.3) is 0 Å². The minimum Gasteiger partial charge on any atom is -0.497 e. The minimum atomic E-state index is -0.311. The number of methoxy groups -OCH3 is 2. The molecule has 0 saturated carbocycles. The van der Waals surface area contributed by atoms with E-state index < -0.39 is 0 Å². The number of ether oxygens (including phenoxy) is 2. The monoisotopic (exact) mass is 333 g/mol. The van der Waals surface area contributed by atoms with E-state index in [9.17, 15) is 9.59 Å². The van der Waals surface area contributed by atoms with Crippen LogP contribution in [-0.2, 0) is 14.3 Å². The zero-order valence-electron chi connectivity index (χ0n) is 15.0. The molecule has 0 radical (unpaired) electrons. The highest BCUT2D eigenvalue weighted by molar-refractivity contribution is 5.92. The van der Waals surface area contributed by atoms with Gasteiger partial charge in [-0.25, -0.2) is 0 Å². The molecule has 1 rings (SSSR count). The summed E-state index contributed by atoms with van der Waals surface area (Å²) in [4.78, 5) is 25.5. The van der Waals surface area contributed by atoms with Crippen molar-refractivity contribution in [2.75, 3.05) is 27.3 Å². The second-order valence-electron chi connectivity index (χ2n) is 5.94. The molecule has 132 valence electrons. The fraction of sp³-hybridized carbons (Fsp3) is 0.474. The Morgan fingerprint density at radius 3 is 2.58 bits per heavy atom. The molecule has 0 atom stereocenters. The van der Waals surface area contributed by atoms with Crippen LogP contribution >= 0.6 is 0 Å². The number of rotatable bonds is 9. The Labute approximate surface area is 144 Å². The SMILES string of the molecule is COC(=O)CCN(CCC(C)C)C(=O)/C=C/c1cccc(OC)c1. The molecule has 0 N–H and O–H groups in total. The number of carbonyl (C=O) groups excluding carboxylic acids is 2. The van der Waals surface area contributed by atoms with E-state index in [1.54, 1.807) is 18.1 Å². The molecule has 0 bridgehead atoms. The third-order valence-corrected chi connectivity index (χ3v) is 3.61. The van der Waals surface area contributed by atoms with Gasteiger partial charge in [-0.3, -0.25) is 9.59 Å². The van der Waals surface area contributed by atoms with Crippen LogP contribution in [0.2, 0.25) is 0 Å². The van der Waals surface area contributed by atoms with Crippen molar-refractivity contribution in [3.8, 4) is 5.75 Å². The molecular weight excluding hydrogens is 306 g/mol. The smallest absolute Gasteiger partial charge is 0.307 e. The standard InChI is InChI=1S/C19H27NO4/c1-15(2)10-12-20(13-11-19(22)24-4)18(21)9-8-16-6-5-7-17(14-16)23-3/h5-9,14-15H,10-13H2,1-4H3/b9-8+. The summed E-state index contributed by atoms with van der Waals surface area (Å²) < 4.78 is 9.82. The molecule has 0 aliphatic rings. The van der Waals surface area contributed by atoms with Gasteiger partial charge in [-0.2, -0.15) is 0 Å². The van der Waals surface area contributed by atoms with Crippen molar-refractivity contribution < 1.29 is 19.1 Å². The van der Waals surface area contributed by atoms with Gasteiger partial charge < -0.3 is 14.4 Å². The van der Waals surface area contributed by atoms with Crippen LogP contribution in [0.4, 0.5) is 0 Å². The highest BCUT2D eigenvalue weighted by Crippen LogP contribution is 2.14. The quantitative estimate of drug-likeness (QED) is 0.514. The molecule has 0 heterocycles. The lowest BCUT2D eigenvalue weighted by molar-refractivity contribution is -0.141. The van der Waals surface area contributed by atoms with Gasteiger partial charge >= 0.3 is 5.97 Å². The highest BCUT2D eigenvalue weighted by Gasteiger charge is 2.13. The Morgan fingerprint density at radius 1 is 1.21 bits per heavy atom. The summed E-state index contributed by atoms with van der Waals surface area (Å²) in [6.45, 7) is 5.20. The molecule has 5 heteroatoms. The molecule has 0 aliphatic heterocycles. The molecule has 0 fully saturated rings. The molecular formula is C19H27NO4. The van der Waals surface area contributed by atoms with Crippen molar-refractivity contribution in [1.82, 2.24) is 4.90 Å². The topological polar surface area (TPSA) is 55.8 Å². The second kappa shape index (κ2) is 10.5. The zero-order chi connectivity index (χ0) is 17.9. The summed E-state index contributed by atoms with van der Waals surface area (Å²) in [5.74, 6) is 0.809. The van der Waals surface area contributed by atoms with Crippen molar-refractivity contribution in [3.05, 3.63) is 35.9 Å². The first-order valence-electron chi connectivity index (χ1n) is 8.14. The van der Waals surface area contributed by atoms with E-state index in [2.05, 4.69) is 18.6 Å². The largest absolute Gasteiger partial charge is 0.497 e. The molecule has 0 aromatic heterocycles. The van der Waals surface area contributed by atoms with E-state index in [0.29, 0.717) is 19.0 Å². The van der Waals surface area contributed by atoms with E-state index in [-0.39, 0.29) is 18.3 Å². The number of hydrogen-bond acceptors (Lipinski definition) is 4. The van der Waals surface area contributed by atoms with Gasteiger partial charge in [0.2, 0.25) is 5.91 Å². The molecule has 1 amide bonds. The highest BCUT2D eigenvalue weighted by atomic mass is 16.5. The number of amides is 1. The normalized spacial score (nSPS) is 10.9. The van der Waals surface area contributed by atoms with Gasteiger partial charge in [0.1, 0.15) is 5.75 Å². The second-order valence-corrected chi connectivity index (χ2v) is 5.94. The lowest BCUT2D eigenvalue weighted by atomic mass is 10.1. The van der Waals surface area contributed by atoms with Gasteiger partial charge in [-0.1, -0.05) is 26.0 Å². The maximum Gasteiger partial charge on any atom is 0.307 e. The lowest BCUT2D eigenvalue weighted by Gasteiger charge is -2.21. The van der Waals surface area contributed by atoms with Crippen LogP contribution in [0.1, 0.15) is 32.3 Å². The summed E-state index contributed by atoms with van der Waals surface area (Å²) in [6, 6.07) is 7.48. The first kappa shape index (κ1) is 19.7. The van der Waals surface area contributed by atoms with Crippen LogP contribution in [0.3, 0.4) is 0 Å². The summed E-state index contributed by atoms with van der Waals surface area (Å²) >= 11 is 0. The molecule has 1 aromatic rings. The third kappa shape index (κ3) is 7.31. The van der Waals surface area contributed by atoms with E-state index in [4.69, 9.17) is 4.74 Å². The Hall–Kier alpha value is -2.30. The first-order valence-corrected chi connectivity index (χ1v) is 8.14. The molecule has 0 unspecified atom stereocenters. The number of benzene rings is 1. The van der Waals surface area contributed by atoms with Crippen LogP contribution < -0.4 is 4.74 Å². The zero-order valence-corrected chi connectivity index (χ0v) is 15.0. The van der Waals surface area contributed by atoms with Crippen LogP contribution in [0.15, 0.2) is 30.3 Å². The number of hydrogen-bond donors (Lipinski definition) is 0. The van der Waals surface area contributed by atoms with Crippen LogP contribution in [0.25, 0.3) is 6.08 Å². The van der Waals surface area contributed by atoms with Crippen molar-refractivity contribution >= 4 is 18.0 Å². The molecule has 0 saturated heterocycles. The fourth-order valence-electron chi connectivity index (χ4n) is 2.09. The molecule has 1 aromatic carbocycles. The van der Waals surface area contributed by atoms with Gasteiger partial charge in [-0.15, -0.1) is 0 Å². The van der Waals surface area contributed by atoms with E-state index in [1.165, 1.54) is 13.2 Å². The van der Waals surface area contributed by atoms with Crippen LogP contribution in [0.5, 0.6) is 5.75 Å². The van der Waals surface area contributed by atoms with E-state index in [1.807, 2.05) is 24.3 Å². The Morgan fingerprint density at radius 2 is 1.96 bits per heavy atom. The predicted molar refractivity (Wildman–Crippen MR) is 94.7 cm³/mol. The van der Waals surface area contributed by atoms with Crippen molar-refractivity contribution in [1.29, 1.82) is 0 Å². The summed E-state index contributed by atoms with van der Waals surface area (Å²) in [7, 11) is 2.96. The molecule has 24 heavy (non-hydrogen) atoms. The first-order chi connectivity index (χ1) is 11.5. The molecule has 0 spiro atoms. The Kier molecular flexibility index (Phi) is 8.61. The van der Waals surface area contributed by atoms with Crippen LogP contribution in [0, 0.1) is 5.92 Å². The average molecular weight is 333 g/mol. The van der Waals surface area contributed by atoms with Gasteiger partial charge in [0, 0.05) is 19.2 Å². The average Bonchev–Trinajstić information content (AvgIpc) is 2.59. The Balaban J connectivity index is 2.73. The van der Waals surface area contributed by atoms with Gasteiger partial charge in [-0.05, 0) is 36.1 Å². The summed E-state index contributed by atoms with van der Waals surface area (Å²) in [6.07, 6.45) is 4.38. The van der Waals surface area contributed by atoms with E-state index >= 15 is 0 Å². The Bertz CT molecular complexity index is 566. The van der Waals surface area contributed by atoms with Crippen molar-refractivity contribution in [2.24, 2.45) is 5.92 Å². The van der Waals surface area contributed by atoms with Gasteiger partial charge in [0.15, 0.2) is 0 Å². The number of carbonyl (C=O) groups is 2. The maximum atomic E-state index is 12.4. The van der Waals surface area contributed by atoms with E-state index in [0.717, 1.165) is 17.7 Å². The van der Waals surface area contributed by atoms with Crippen molar-refractivity contribution in [2.45, 2.75) is 26.7 Å².